The molecule has 0 saturated carbocycles. The van der Waals surface area contributed by atoms with Gasteiger partial charge in [-0.1, -0.05) is 32.6 Å². The molecule has 0 radical (unpaired) electrons. The predicted octanol–water partition coefficient (Wildman–Crippen LogP) is 7.77. The van der Waals surface area contributed by atoms with E-state index in [1.165, 1.54) is 0 Å². The molecule has 0 aliphatic carbocycles. The number of hydrogen-bond donors (Lipinski definition) is 0. The van der Waals surface area contributed by atoms with Crippen molar-refractivity contribution < 1.29 is 48.3 Å². The second kappa shape index (κ2) is 8.80. The topological polar surface area (TPSA) is 0 Å². The molecule has 0 aliphatic heterocycles. The Hall–Kier alpha value is -0.300. The highest BCUT2D eigenvalue weighted by molar-refractivity contribution is 14.1. The third-order valence-electron chi connectivity index (χ3n) is 3.49. The number of alkyl halides is 11. The SMILES string of the molecule is CCCCCCCC(I)=CC(F)(C(F)(F)F)C(F)(F)C(F)(F)C(F)(F)F. The fourth-order valence-corrected chi connectivity index (χ4v) is 2.75. The van der Waals surface area contributed by atoms with E-state index in [1.54, 1.807) is 0 Å². The molecule has 1 atom stereocenters. The minimum Gasteiger partial charge on any atom is -0.222 e. The van der Waals surface area contributed by atoms with Gasteiger partial charge in [-0.3, -0.25) is 0 Å². The van der Waals surface area contributed by atoms with E-state index in [2.05, 4.69) is 0 Å². The Bertz CT molecular complexity index is 478. The first-order valence-corrected chi connectivity index (χ1v) is 8.48. The second-order valence-electron chi connectivity index (χ2n) is 5.61. The maximum absolute atomic E-state index is 14.0. The lowest BCUT2D eigenvalue weighted by atomic mass is 9.90. The lowest BCUT2D eigenvalue weighted by Crippen LogP contribution is -2.66. The quantitative estimate of drug-likeness (QED) is 0.166. The van der Waals surface area contributed by atoms with Crippen LogP contribution in [-0.2, 0) is 0 Å². The third-order valence-corrected chi connectivity index (χ3v) is 4.35. The summed E-state index contributed by atoms with van der Waals surface area (Å²) in [4.78, 5) is 0. The molecule has 0 aromatic heterocycles. The molecule has 0 aliphatic rings. The summed E-state index contributed by atoms with van der Waals surface area (Å²) in [5.74, 6) is -14.3. The van der Waals surface area contributed by atoms with Crippen molar-refractivity contribution in [2.75, 3.05) is 0 Å². The second-order valence-corrected chi connectivity index (χ2v) is 7.00. The molecule has 0 aromatic rings. The van der Waals surface area contributed by atoms with Crippen LogP contribution < -0.4 is 0 Å². The van der Waals surface area contributed by atoms with Gasteiger partial charge in [0.2, 0.25) is 0 Å². The van der Waals surface area contributed by atoms with Crippen LogP contribution in [0.2, 0.25) is 0 Å². The first-order valence-electron chi connectivity index (χ1n) is 7.41. The summed E-state index contributed by atoms with van der Waals surface area (Å²) < 4.78 is 141. The molecule has 12 heteroatoms. The highest BCUT2D eigenvalue weighted by Crippen LogP contribution is 2.58. The molecule has 0 rings (SSSR count). The Morgan fingerprint density at radius 2 is 1.15 bits per heavy atom. The molecule has 26 heavy (non-hydrogen) atoms. The van der Waals surface area contributed by atoms with Crippen LogP contribution in [0.25, 0.3) is 0 Å². The largest absolute Gasteiger partial charge is 0.460 e. The maximum atomic E-state index is 14.0. The average Bonchev–Trinajstić information content (AvgIpc) is 2.44. The molecule has 0 aromatic carbocycles. The molecule has 1 unspecified atom stereocenters. The average molecular weight is 520 g/mol. The monoisotopic (exact) mass is 520 g/mol. The zero-order valence-corrected chi connectivity index (χ0v) is 15.5. The highest BCUT2D eigenvalue weighted by atomic mass is 127. The minimum absolute atomic E-state index is 0.143. The van der Waals surface area contributed by atoms with Gasteiger partial charge in [-0.25, -0.2) is 4.39 Å². The van der Waals surface area contributed by atoms with E-state index in [9.17, 15) is 48.3 Å². The molecular formula is C14H16F11I. The van der Waals surface area contributed by atoms with Gasteiger partial charge in [-0.2, -0.15) is 43.9 Å². The number of unbranched alkanes of at least 4 members (excludes halogenated alkanes) is 4. The first-order chi connectivity index (χ1) is 11.5. The van der Waals surface area contributed by atoms with Crippen LogP contribution in [0.3, 0.4) is 0 Å². The van der Waals surface area contributed by atoms with Crippen molar-refractivity contribution >= 4 is 22.6 Å². The summed E-state index contributed by atoms with van der Waals surface area (Å²) in [6.07, 6.45) is -12.1. The van der Waals surface area contributed by atoms with Gasteiger partial charge < -0.3 is 0 Å². The molecule has 0 amide bonds. The molecule has 0 N–H and O–H groups in total. The normalized spacial score (nSPS) is 17.3. The zero-order chi connectivity index (χ0) is 21.0. The number of rotatable bonds is 9. The molecular weight excluding hydrogens is 504 g/mol. The van der Waals surface area contributed by atoms with E-state index >= 15 is 0 Å². The molecule has 156 valence electrons. The summed E-state index contributed by atoms with van der Waals surface area (Å²) in [7, 11) is 0. The molecule has 0 saturated heterocycles. The Morgan fingerprint density at radius 1 is 0.692 bits per heavy atom. The summed E-state index contributed by atoms with van der Waals surface area (Å²) in [5, 5.41) is 0. The van der Waals surface area contributed by atoms with Crippen LogP contribution in [-0.4, -0.2) is 29.9 Å². The van der Waals surface area contributed by atoms with E-state index in [1.807, 2.05) is 6.92 Å². The Morgan fingerprint density at radius 3 is 1.54 bits per heavy atom. The van der Waals surface area contributed by atoms with Gasteiger partial charge in [-0.15, -0.1) is 0 Å². The fraction of sp³-hybridized carbons (Fsp3) is 0.857. The molecule has 0 spiro atoms. The summed E-state index contributed by atoms with van der Waals surface area (Å²) in [6, 6.07) is 0. The molecule has 0 nitrogen and oxygen atoms in total. The van der Waals surface area contributed by atoms with Crippen LogP contribution in [0.4, 0.5) is 48.3 Å². The standard InChI is InChI=1S/C14H16F11I/c1-2-3-4-5-6-7-9(26)8-10(15,13(20,21)22)11(16,17)12(18,19)14(23,24)25/h8H,2-7H2,1H3. The highest BCUT2D eigenvalue weighted by Gasteiger charge is 2.85. The maximum Gasteiger partial charge on any atom is 0.460 e. The van der Waals surface area contributed by atoms with Crippen LogP contribution in [0, 0.1) is 0 Å². The Labute approximate surface area is 156 Å². The lowest BCUT2D eigenvalue weighted by Gasteiger charge is -2.37. The van der Waals surface area contributed by atoms with E-state index in [-0.39, 0.29) is 12.8 Å². The van der Waals surface area contributed by atoms with E-state index in [0.717, 1.165) is 35.4 Å². The van der Waals surface area contributed by atoms with Gasteiger partial charge in [0.1, 0.15) is 0 Å². The summed E-state index contributed by atoms with van der Waals surface area (Å²) >= 11 is 1.02. The van der Waals surface area contributed by atoms with Crippen molar-refractivity contribution in [1.29, 1.82) is 0 Å². The van der Waals surface area contributed by atoms with Gasteiger partial charge in [0.05, 0.1) is 0 Å². The van der Waals surface area contributed by atoms with E-state index in [4.69, 9.17) is 0 Å². The number of halogens is 12. The van der Waals surface area contributed by atoms with Gasteiger partial charge >= 0.3 is 24.2 Å². The van der Waals surface area contributed by atoms with Gasteiger partial charge in [0.15, 0.2) is 0 Å². The predicted molar refractivity (Wildman–Crippen MR) is 81.3 cm³/mol. The number of hydrogen-bond acceptors (Lipinski definition) is 0. The lowest BCUT2D eigenvalue weighted by molar-refractivity contribution is -0.402. The van der Waals surface area contributed by atoms with Crippen molar-refractivity contribution in [2.45, 2.75) is 75.3 Å². The molecule has 0 bridgehead atoms. The van der Waals surface area contributed by atoms with Crippen molar-refractivity contribution in [1.82, 2.24) is 0 Å². The van der Waals surface area contributed by atoms with Crippen molar-refractivity contribution in [3.05, 3.63) is 9.66 Å². The van der Waals surface area contributed by atoms with Crippen LogP contribution in [0.5, 0.6) is 0 Å². The molecule has 0 fully saturated rings. The zero-order valence-electron chi connectivity index (χ0n) is 13.4. The van der Waals surface area contributed by atoms with E-state index in [0.29, 0.717) is 12.8 Å². The van der Waals surface area contributed by atoms with Crippen molar-refractivity contribution in [3.8, 4) is 0 Å². The number of allylic oxidation sites excluding steroid dienone is 2. The fourth-order valence-electron chi connectivity index (χ4n) is 1.94. The minimum atomic E-state index is -7.22. The summed E-state index contributed by atoms with van der Waals surface area (Å²) in [5.41, 5.74) is -6.18. The van der Waals surface area contributed by atoms with Crippen LogP contribution in [0.1, 0.15) is 45.4 Å². The van der Waals surface area contributed by atoms with Crippen molar-refractivity contribution in [3.63, 3.8) is 0 Å². The van der Waals surface area contributed by atoms with Gasteiger partial charge in [0, 0.05) is 0 Å². The smallest absolute Gasteiger partial charge is 0.222 e. The Balaban J connectivity index is 5.76. The first kappa shape index (κ1) is 25.7. The van der Waals surface area contributed by atoms with E-state index < -0.39 is 39.5 Å². The molecule has 0 heterocycles. The third kappa shape index (κ3) is 5.37. The summed E-state index contributed by atoms with van der Waals surface area (Å²) in [6.45, 7) is 1.87. The Kier molecular flexibility index (Phi) is 8.70. The van der Waals surface area contributed by atoms with Gasteiger partial charge in [-0.05, 0) is 45.1 Å². The van der Waals surface area contributed by atoms with Crippen LogP contribution >= 0.6 is 22.6 Å². The van der Waals surface area contributed by atoms with Crippen LogP contribution in [0.15, 0.2) is 9.66 Å². The van der Waals surface area contributed by atoms with Crippen molar-refractivity contribution in [2.24, 2.45) is 0 Å². The van der Waals surface area contributed by atoms with Gasteiger partial charge in [0.25, 0.3) is 5.67 Å².